The Kier molecular flexibility index (Phi) is 3.90. The molecule has 4 rings (SSSR count). The Morgan fingerprint density at radius 1 is 1.08 bits per heavy atom. The Labute approximate surface area is 145 Å². The van der Waals surface area contributed by atoms with E-state index in [1.165, 1.54) is 16.9 Å². The Morgan fingerprint density at radius 2 is 1.75 bits per heavy atom. The number of nitrogens with zero attached hydrogens (tertiary/aromatic N) is 1. The first-order valence-electron chi connectivity index (χ1n) is 8.11. The number of aromatic nitrogens is 1. The number of carbonyl (C=O) groups excluding carboxylic acids is 1. The lowest BCUT2D eigenvalue weighted by molar-refractivity contribution is -0.117. The number of rotatable bonds is 4. The van der Waals surface area contributed by atoms with Gasteiger partial charge in [-0.05, 0) is 24.8 Å². The Bertz CT molecular complexity index is 858. The second-order valence-electron chi connectivity index (χ2n) is 6.14. The average molecular weight is 334 g/mol. The molecule has 1 N–H and O–H groups in total. The maximum Gasteiger partial charge on any atom is 0.229 e. The fraction of sp³-hybridized carbons (Fsp3) is 0.200. The van der Waals surface area contributed by atoms with Crippen LogP contribution >= 0.6 is 11.3 Å². The number of hydrogen-bond acceptors (Lipinski definition) is 3. The monoisotopic (exact) mass is 334 g/mol. The van der Waals surface area contributed by atoms with E-state index in [9.17, 15) is 4.79 Å². The van der Waals surface area contributed by atoms with Gasteiger partial charge < -0.3 is 5.32 Å². The van der Waals surface area contributed by atoms with Crippen molar-refractivity contribution in [3.63, 3.8) is 0 Å². The van der Waals surface area contributed by atoms with Crippen LogP contribution in [0.4, 0.5) is 5.13 Å². The quantitative estimate of drug-likeness (QED) is 0.740. The van der Waals surface area contributed by atoms with Gasteiger partial charge >= 0.3 is 0 Å². The number of benzene rings is 2. The van der Waals surface area contributed by atoms with Gasteiger partial charge in [-0.3, -0.25) is 4.79 Å². The highest BCUT2D eigenvalue weighted by molar-refractivity contribution is 7.16. The van der Waals surface area contributed by atoms with Gasteiger partial charge in [0.1, 0.15) is 0 Å². The normalized spacial score (nSPS) is 19.0. The maximum atomic E-state index is 12.5. The molecule has 0 radical (unpaired) electrons. The second-order valence-corrected chi connectivity index (χ2v) is 7.34. The van der Waals surface area contributed by atoms with E-state index in [1.807, 2.05) is 55.5 Å². The minimum absolute atomic E-state index is 0.0665. The predicted octanol–water partition coefficient (Wildman–Crippen LogP) is 4.86. The van der Waals surface area contributed by atoms with Crippen molar-refractivity contribution >= 4 is 22.4 Å². The van der Waals surface area contributed by atoms with Crippen molar-refractivity contribution in [3.05, 3.63) is 71.1 Å². The van der Waals surface area contributed by atoms with Crippen molar-refractivity contribution in [2.75, 3.05) is 5.32 Å². The second kappa shape index (κ2) is 6.21. The van der Waals surface area contributed by atoms with E-state index in [0.717, 1.165) is 22.6 Å². The summed E-state index contributed by atoms with van der Waals surface area (Å²) in [7, 11) is 0. The van der Waals surface area contributed by atoms with Gasteiger partial charge in [0, 0.05) is 16.4 Å². The van der Waals surface area contributed by atoms with Crippen LogP contribution < -0.4 is 5.32 Å². The standard InChI is InChI=1S/C20H18N2OS/c1-13-18(15-10-6-3-7-11-15)21-20(24-13)22-19(23)17-12-16(17)14-8-4-2-5-9-14/h2-11,16-17H,12H2,1H3,(H,21,22,23)/t16-,17-/m1/s1. The number of aryl methyl sites for hydroxylation is 1. The molecule has 0 bridgehead atoms. The lowest BCUT2D eigenvalue weighted by atomic mass is 10.1. The highest BCUT2D eigenvalue weighted by Crippen LogP contribution is 2.48. The van der Waals surface area contributed by atoms with E-state index in [-0.39, 0.29) is 11.8 Å². The largest absolute Gasteiger partial charge is 0.302 e. The molecule has 1 aliphatic carbocycles. The topological polar surface area (TPSA) is 42.0 Å². The Balaban J connectivity index is 1.46. The summed E-state index contributed by atoms with van der Waals surface area (Å²) in [6.07, 6.45) is 0.922. The van der Waals surface area contributed by atoms with Gasteiger partial charge in [0.15, 0.2) is 5.13 Å². The maximum absolute atomic E-state index is 12.5. The van der Waals surface area contributed by atoms with Crippen LogP contribution in [0.5, 0.6) is 0 Å². The van der Waals surface area contributed by atoms with Gasteiger partial charge in [-0.1, -0.05) is 60.7 Å². The molecule has 0 aliphatic heterocycles. The van der Waals surface area contributed by atoms with Crippen molar-refractivity contribution < 1.29 is 4.79 Å². The summed E-state index contributed by atoms with van der Waals surface area (Å²) < 4.78 is 0. The Hall–Kier alpha value is -2.46. The van der Waals surface area contributed by atoms with Crippen LogP contribution in [0.25, 0.3) is 11.3 Å². The molecular formula is C20H18N2OS. The summed E-state index contributed by atoms with van der Waals surface area (Å²) in [6, 6.07) is 20.3. The molecule has 4 heteroatoms. The van der Waals surface area contributed by atoms with E-state index in [0.29, 0.717) is 11.0 Å². The van der Waals surface area contributed by atoms with E-state index >= 15 is 0 Å². The summed E-state index contributed by atoms with van der Waals surface area (Å²) in [5, 5.41) is 3.69. The van der Waals surface area contributed by atoms with Gasteiger partial charge in [-0.2, -0.15) is 0 Å². The zero-order valence-electron chi connectivity index (χ0n) is 13.4. The van der Waals surface area contributed by atoms with Crippen molar-refractivity contribution in [2.24, 2.45) is 5.92 Å². The Morgan fingerprint density at radius 3 is 2.46 bits per heavy atom. The average Bonchev–Trinajstić information content (AvgIpc) is 3.34. The lowest BCUT2D eigenvalue weighted by Crippen LogP contribution is -2.14. The number of carbonyl (C=O) groups is 1. The number of anilines is 1. The smallest absolute Gasteiger partial charge is 0.229 e. The predicted molar refractivity (Wildman–Crippen MR) is 98.2 cm³/mol. The lowest BCUT2D eigenvalue weighted by Gasteiger charge is -2.01. The summed E-state index contributed by atoms with van der Waals surface area (Å²) in [5.41, 5.74) is 3.28. The molecule has 3 aromatic rings. The van der Waals surface area contributed by atoms with Crippen LogP contribution in [0.2, 0.25) is 0 Å². The zero-order valence-corrected chi connectivity index (χ0v) is 14.2. The first-order valence-corrected chi connectivity index (χ1v) is 8.92. The molecule has 1 heterocycles. The van der Waals surface area contributed by atoms with E-state index in [2.05, 4.69) is 22.4 Å². The highest BCUT2D eigenvalue weighted by atomic mass is 32.1. The van der Waals surface area contributed by atoms with Crippen molar-refractivity contribution in [1.29, 1.82) is 0 Å². The molecule has 1 aliphatic rings. The van der Waals surface area contributed by atoms with Gasteiger partial charge in [0.2, 0.25) is 5.91 Å². The summed E-state index contributed by atoms with van der Waals surface area (Å²) >= 11 is 1.54. The molecule has 1 fully saturated rings. The molecule has 120 valence electrons. The fourth-order valence-electron chi connectivity index (χ4n) is 3.07. The third-order valence-electron chi connectivity index (χ3n) is 4.43. The van der Waals surface area contributed by atoms with Crippen molar-refractivity contribution in [1.82, 2.24) is 4.98 Å². The SMILES string of the molecule is Cc1sc(NC(=O)[C@@H]2C[C@@H]2c2ccccc2)nc1-c1ccccc1. The molecule has 2 atom stereocenters. The minimum atomic E-state index is 0.0665. The van der Waals surface area contributed by atoms with Gasteiger partial charge in [-0.15, -0.1) is 11.3 Å². The number of nitrogens with one attached hydrogen (secondary N) is 1. The van der Waals surface area contributed by atoms with E-state index in [4.69, 9.17) is 0 Å². The summed E-state index contributed by atoms with van der Waals surface area (Å²) in [4.78, 5) is 18.2. The van der Waals surface area contributed by atoms with Crippen molar-refractivity contribution in [2.45, 2.75) is 19.3 Å². The van der Waals surface area contributed by atoms with Crippen LogP contribution in [0.3, 0.4) is 0 Å². The van der Waals surface area contributed by atoms with Crippen LogP contribution in [0.15, 0.2) is 60.7 Å². The van der Waals surface area contributed by atoms with Crippen LogP contribution in [-0.2, 0) is 4.79 Å². The van der Waals surface area contributed by atoms with Crippen molar-refractivity contribution in [3.8, 4) is 11.3 Å². The zero-order chi connectivity index (χ0) is 16.5. The molecule has 1 amide bonds. The third-order valence-corrected chi connectivity index (χ3v) is 5.32. The first kappa shape index (κ1) is 15.1. The molecule has 0 spiro atoms. The first-order chi connectivity index (χ1) is 11.7. The number of amides is 1. The molecular weight excluding hydrogens is 316 g/mol. The molecule has 24 heavy (non-hydrogen) atoms. The van der Waals surface area contributed by atoms with Gasteiger partial charge in [0.25, 0.3) is 0 Å². The summed E-state index contributed by atoms with van der Waals surface area (Å²) in [6.45, 7) is 2.04. The van der Waals surface area contributed by atoms with Gasteiger partial charge in [-0.25, -0.2) is 4.98 Å². The molecule has 2 aromatic carbocycles. The number of hydrogen-bond donors (Lipinski definition) is 1. The molecule has 3 nitrogen and oxygen atoms in total. The van der Waals surface area contributed by atoms with Crippen LogP contribution in [0.1, 0.15) is 22.8 Å². The van der Waals surface area contributed by atoms with Gasteiger partial charge in [0.05, 0.1) is 5.69 Å². The third kappa shape index (κ3) is 2.97. The molecule has 0 unspecified atom stereocenters. The molecule has 1 aromatic heterocycles. The van der Waals surface area contributed by atoms with E-state index < -0.39 is 0 Å². The molecule has 0 saturated heterocycles. The van der Waals surface area contributed by atoms with E-state index in [1.54, 1.807) is 0 Å². The highest BCUT2D eigenvalue weighted by Gasteiger charge is 2.44. The minimum Gasteiger partial charge on any atom is -0.302 e. The molecule has 1 saturated carbocycles. The summed E-state index contributed by atoms with van der Waals surface area (Å²) in [5.74, 6) is 0.495. The van der Waals surface area contributed by atoms with Crippen LogP contribution in [-0.4, -0.2) is 10.9 Å². The number of thiazole rings is 1. The fourth-order valence-corrected chi connectivity index (χ4v) is 3.90. The van der Waals surface area contributed by atoms with Crippen LogP contribution in [0, 0.1) is 12.8 Å².